The van der Waals surface area contributed by atoms with E-state index in [2.05, 4.69) is 10.6 Å². The number of nitrogens with two attached hydrogens (primary N) is 1. The van der Waals surface area contributed by atoms with Crippen LogP contribution in [0.2, 0.25) is 0 Å². The Morgan fingerprint density at radius 3 is 2.42 bits per heavy atom. The highest BCUT2D eigenvalue weighted by molar-refractivity contribution is 7.89. The maximum absolute atomic E-state index is 12.8. The molecule has 0 bridgehead atoms. The second kappa shape index (κ2) is 8.61. The number of methoxy groups -OCH3 is 1. The van der Waals surface area contributed by atoms with E-state index in [1.165, 1.54) is 36.1 Å². The first-order valence-electron chi connectivity index (χ1n) is 9.69. The summed E-state index contributed by atoms with van der Waals surface area (Å²) in [5.41, 5.74) is 0.377. The molecule has 0 saturated carbocycles. The van der Waals surface area contributed by atoms with Crippen molar-refractivity contribution in [3.05, 3.63) is 64.6 Å². The van der Waals surface area contributed by atoms with Crippen molar-refractivity contribution < 1.29 is 31.9 Å². The summed E-state index contributed by atoms with van der Waals surface area (Å²) in [6, 6.07) is 11.1. The second-order valence-electron chi connectivity index (χ2n) is 7.20. The van der Waals surface area contributed by atoms with Gasteiger partial charge in [-0.25, -0.2) is 23.3 Å². The first-order valence-corrected chi connectivity index (χ1v) is 11.2. The molecule has 13 heteroatoms. The fourth-order valence-corrected chi connectivity index (χ4v) is 3.97. The van der Waals surface area contributed by atoms with Crippen molar-refractivity contribution in [2.45, 2.75) is 23.9 Å². The largest absolute Gasteiger partial charge is 0.497 e. The zero-order valence-electron chi connectivity index (χ0n) is 17.3. The Hall–Kier alpha value is -3.81. The Labute approximate surface area is 187 Å². The molecule has 1 aliphatic heterocycles. The molecule has 1 aromatic heterocycles. The number of H-pyrrole nitrogens is 1. The van der Waals surface area contributed by atoms with Gasteiger partial charge in [0.15, 0.2) is 0 Å². The van der Waals surface area contributed by atoms with Gasteiger partial charge in [0.2, 0.25) is 21.6 Å². The van der Waals surface area contributed by atoms with Crippen molar-refractivity contribution in [1.82, 2.24) is 10.6 Å². The van der Waals surface area contributed by atoms with E-state index in [9.17, 15) is 22.8 Å². The van der Waals surface area contributed by atoms with Crippen LogP contribution >= 0.6 is 0 Å². The smallest absolute Gasteiger partial charge is 0.431 e. The molecule has 1 aliphatic rings. The van der Waals surface area contributed by atoms with Crippen LogP contribution in [0.3, 0.4) is 0 Å². The van der Waals surface area contributed by atoms with E-state index in [1.54, 1.807) is 24.3 Å². The average Bonchev–Trinajstić information content (AvgIpc) is 3.30. The molecule has 4 rings (SSSR count). The van der Waals surface area contributed by atoms with E-state index >= 15 is 0 Å². The summed E-state index contributed by atoms with van der Waals surface area (Å²) in [4.78, 5) is 38.3. The number of nitrogens with zero attached hydrogens (tertiary/aromatic N) is 2. The first-order chi connectivity index (χ1) is 15.7. The van der Waals surface area contributed by atoms with Crippen LogP contribution in [0, 0.1) is 0 Å². The van der Waals surface area contributed by atoms with Gasteiger partial charge in [0, 0.05) is 12.1 Å². The van der Waals surface area contributed by atoms with Gasteiger partial charge in [-0.3, -0.25) is 19.4 Å². The quantitative estimate of drug-likeness (QED) is 0.299. The van der Waals surface area contributed by atoms with Crippen molar-refractivity contribution >= 4 is 27.5 Å². The molecule has 2 aromatic carbocycles. The van der Waals surface area contributed by atoms with Gasteiger partial charge in [0.05, 0.1) is 36.7 Å². The molecule has 1 atom stereocenters. The molecule has 33 heavy (non-hydrogen) atoms. The normalized spacial score (nSPS) is 16.4. The molecular formula is C20H20N5O7S+. The Kier molecular flexibility index (Phi) is 5.84. The van der Waals surface area contributed by atoms with Gasteiger partial charge in [-0.2, -0.15) is 0 Å². The highest BCUT2D eigenvalue weighted by Crippen LogP contribution is 2.24. The lowest BCUT2D eigenvalue weighted by molar-refractivity contribution is -0.677. The third-order valence-corrected chi connectivity index (χ3v) is 6.08. The predicted octanol–water partition coefficient (Wildman–Crippen LogP) is -0.678. The molecule has 1 saturated heterocycles. The summed E-state index contributed by atoms with van der Waals surface area (Å²) in [5, 5.41) is 10.5. The number of rotatable bonds is 7. The molecule has 0 spiro atoms. The number of aromatic nitrogens is 2. The molecule has 1 fully saturated rings. The number of carbonyl (C=O) groups excluding carboxylic acids is 2. The molecule has 12 nitrogen and oxygen atoms in total. The number of primary sulfonamides is 1. The summed E-state index contributed by atoms with van der Waals surface area (Å²) < 4.78 is 34.2. The zero-order chi connectivity index (χ0) is 23.8. The van der Waals surface area contributed by atoms with E-state index < -0.39 is 33.5 Å². The molecule has 0 aliphatic carbocycles. The third-order valence-electron chi connectivity index (χ3n) is 5.15. The van der Waals surface area contributed by atoms with E-state index in [4.69, 9.17) is 14.4 Å². The monoisotopic (exact) mass is 474 g/mol. The molecule has 172 valence electrons. The minimum atomic E-state index is -3.90. The Morgan fingerprint density at radius 2 is 1.82 bits per heavy atom. The molecule has 0 radical (unpaired) electrons. The topological polar surface area (TPSA) is 169 Å². The van der Waals surface area contributed by atoms with Crippen LogP contribution in [0.5, 0.6) is 5.75 Å². The van der Waals surface area contributed by atoms with E-state index in [0.29, 0.717) is 11.4 Å². The fraction of sp³-hybridized carbons (Fsp3) is 0.200. The highest BCUT2D eigenvalue weighted by atomic mass is 32.2. The SMILES string of the molecule is COc1ccc(-[n+]2[nH]oc(=O)c2CNC2CC(=O)N(c3ccc(S(N)(=O)=O)cc3)C2=O)cc1. The number of imide groups is 1. The summed E-state index contributed by atoms with van der Waals surface area (Å²) in [6.07, 6.45) is -0.131. The molecule has 1 unspecified atom stereocenters. The van der Waals surface area contributed by atoms with Crippen LogP contribution in [-0.4, -0.2) is 38.7 Å². The van der Waals surface area contributed by atoms with Gasteiger partial charge in [-0.1, -0.05) is 0 Å². The molecule has 2 heterocycles. The number of anilines is 1. The lowest BCUT2D eigenvalue weighted by atomic mass is 10.2. The number of hydrogen-bond donors (Lipinski definition) is 3. The average molecular weight is 474 g/mol. The van der Waals surface area contributed by atoms with Crippen molar-refractivity contribution in [2.75, 3.05) is 12.0 Å². The summed E-state index contributed by atoms with van der Waals surface area (Å²) in [5.74, 6) is -0.360. The van der Waals surface area contributed by atoms with Gasteiger partial charge in [0.1, 0.15) is 5.75 Å². The zero-order valence-corrected chi connectivity index (χ0v) is 18.2. The number of carbonyl (C=O) groups is 2. The van der Waals surface area contributed by atoms with E-state index in [-0.39, 0.29) is 29.2 Å². The van der Waals surface area contributed by atoms with Gasteiger partial charge in [-0.15, -0.1) is 0 Å². The van der Waals surface area contributed by atoms with Crippen LogP contribution in [0.15, 0.2) is 62.7 Å². The van der Waals surface area contributed by atoms with Crippen molar-refractivity contribution in [3.8, 4) is 11.4 Å². The number of ether oxygens (including phenoxy) is 1. The fourth-order valence-electron chi connectivity index (χ4n) is 3.45. The predicted molar refractivity (Wildman–Crippen MR) is 113 cm³/mol. The number of amides is 2. The van der Waals surface area contributed by atoms with Gasteiger partial charge >= 0.3 is 11.3 Å². The maximum Gasteiger partial charge on any atom is 0.431 e. The van der Waals surface area contributed by atoms with E-state index in [0.717, 1.165) is 4.90 Å². The number of nitrogens with one attached hydrogen (secondary N) is 2. The van der Waals surface area contributed by atoms with Gasteiger partial charge < -0.3 is 4.74 Å². The second-order valence-corrected chi connectivity index (χ2v) is 8.77. The molecule has 3 aromatic rings. The van der Waals surface area contributed by atoms with Gasteiger partial charge in [0.25, 0.3) is 5.91 Å². The van der Waals surface area contributed by atoms with Crippen LogP contribution in [-0.2, 0) is 26.2 Å². The maximum atomic E-state index is 12.8. The van der Waals surface area contributed by atoms with Crippen molar-refractivity contribution in [1.29, 1.82) is 0 Å². The minimum absolute atomic E-state index is 0.0558. The molecule has 2 amide bonds. The minimum Gasteiger partial charge on any atom is -0.497 e. The molecular weight excluding hydrogens is 454 g/mol. The molecule has 4 N–H and O–H groups in total. The Bertz CT molecular complexity index is 1360. The number of benzene rings is 2. The lowest BCUT2D eigenvalue weighted by Gasteiger charge is -2.15. The van der Waals surface area contributed by atoms with Gasteiger partial charge in [-0.05, 0) is 46.4 Å². The number of sulfonamides is 1. The first kappa shape index (κ1) is 22.4. The standard InChI is InChI=1S/C20H19N5O7S/c1-31-14-6-2-13(3-7-14)25-17(20(28)32-23-25)11-22-16-10-18(26)24(19(16)27)12-4-8-15(9-5-12)33(21,29)30/h2-9,16,22H,10-11H2,1H3,(H2-,21,23,28,29,30)/p+1. The highest BCUT2D eigenvalue weighted by Gasteiger charge is 2.40. The number of aromatic amines is 1. The Morgan fingerprint density at radius 1 is 1.15 bits per heavy atom. The summed E-state index contributed by atoms with van der Waals surface area (Å²) in [7, 11) is -2.36. The number of hydrogen-bond acceptors (Lipinski definition) is 8. The third kappa shape index (κ3) is 4.41. The summed E-state index contributed by atoms with van der Waals surface area (Å²) in [6.45, 7) is -0.0558. The summed E-state index contributed by atoms with van der Waals surface area (Å²) >= 11 is 0. The van der Waals surface area contributed by atoms with Crippen LogP contribution < -0.4 is 30.4 Å². The Balaban J connectivity index is 1.50. The van der Waals surface area contributed by atoms with Crippen LogP contribution in [0.1, 0.15) is 12.1 Å². The van der Waals surface area contributed by atoms with E-state index in [1.807, 2.05) is 0 Å². The lowest BCUT2D eigenvalue weighted by Crippen LogP contribution is -2.44. The van der Waals surface area contributed by atoms with Crippen molar-refractivity contribution in [2.24, 2.45) is 5.14 Å². The van der Waals surface area contributed by atoms with Crippen LogP contribution in [0.25, 0.3) is 5.69 Å². The van der Waals surface area contributed by atoms with Crippen molar-refractivity contribution in [3.63, 3.8) is 0 Å². The van der Waals surface area contributed by atoms with Crippen LogP contribution in [0.4, 0.5) is 5.69 Å².